The predicted octanol–water partition coefficient (Wildman–Crippen LogP) is 16.0. The lowest BCUT2D eigenvalue weighted by atomic mass is 9.94. The van der Waals surface area contributed by atoms with E-state index in [0.29, 0.717) is 0 Å². The third kappa shape index (κ3) is 5.43. The maximum absolute atomic E-state index is 2.41. The maximum atomic E-state index is 2.41. The van der Waals surface area contributed by atoms with Gasteiger partial charge in [-0.15, -0.1) is 22.7 Å². The number of thiophene rings is 2. The van der Waals surface area contributed by atoms with E-state index in [4.69, 9.17) is 0 Å². The zero-order valence-electron chi connectivity index (χ0n) is 29.8. The third-order valence-electron chi connectivity index (χ3n) is 10.9. The molecule has 55 heavy (non-hydrogen) atoms. The van der Waals surface area contributed by atoms with E-state index < -0.39 is 0 Å². The molecule has 0 N–H and O–H groups in total. The van der Waals surface area contributed by atoms with Gasteiger partial charge in [-0.1, -0.05) is 140 Å². The number of anilines is 3. The van der Waals surface area contributed by atoms with Gasteiger partial charge in [0.2, 0.25) is 0 Å². The molecule has 0 amide bonds. The van der Waals surface area contributed by atoms with Gasteiger partial charge in [-0.25, -0.2) is 0 Å². The van der Waals surface area contributed by atoms with E-state index in [9.17, 15) is 0 Å². The number of hydrogen-bond donors (Lipinski definition) is 0. The van der Waals surface area contributed by atoms with Gasteiger partial charge in [0.15, 0.2) is 0 Å². The fraction of sp³-hybridized carbons (Fsp3) is 0. The van der Waals surface area contributed by atoms with Crippen molar-refractivity contribution in [3.63, 3.8) is 0 Å². The molecule has 0 atom stereocenters. The van der Waals surface area contributed by atoms with Gasteiger partial charge in [0.1, 0.15) is 0 Å². The molecule has 11 rings (SSSR count). The summed E-state index contributed by atoms with van der Waals surface area (Å²) in [6, 6.07) is 73.2. The highest BCUT2D eigenvalue weighted by Gasteiger charge is 2.20. The molecule has 0 unspecified atom stereocenters. The smallest absolute Gasteiger partial charge is 0.0468 e. The van der Waals surface area contributed by atoms with Crippen LogP contribution in [-0.2, 0) is 0 Å². The highest BCUT2D eigenvalue weighted by molar-refractivity contribution is 7.26. The number of fused-ring (bicyclic) bond motifs is 8. The van der Waals surface area contributed by atoms with Crippen LogP contribution in [0.4, 0.5) is 17.1 Å². The fourth-order valence-electron chi connectivity index (χ4n) is 8.30. The highest BCUT2D eigenvalue weighted by Crippen LogP contribution is 2.48. The summed E-state index contributed by atoms with van der Waals surface area (Å²) in [5.74, 6) is 0. The molecule has 0 aliphatic heterocycles. The van der Waals surface area contributed by atoms with Gasteiger partial charge in [0.05, 0.1) is 0 Å². The molecular formula is C52H33NS2. The minimum absolute atomic E-state index is 1.12. The Morgan fingerprint density at radius 1 is 0.291 bits per heavy atom. The van der Waals surface area contributed by atoms with Crippen LogP contribution in [0.2, 0.25) is 0 Å². The molecule has 2 aromatic heterocycles. The van der Waals surface area contributed by atoms with E-state index in [2.05, 4.69) is 205 Å². The molecule has 9 aromatic carbocycles. The number of hydrogen-bond acceptors (Lipinski definition) is 3. The van der Waals surface area contributed by atoms with E-state index in [1.165, 1.54) is 84.5 Å². The normalized spacial score (nSPS) is 11.6. The van der Waals surface area contributed by atoms with Crippen molar-refractivity contribution in [3.05, 3.63) is 200 Å². The quantitative estimate of drug-likeness (QED) is 0.164. The summed E-state index contributed by atoms with van der Waals surface area (Å²) in [4.78, 5) is 2.40. The number of nitrogens with zero attached hydrogens (tertiary/aromatic N) is 1. The van der Waals surface area contributed by atoms with Crippen LogP contribution in [0.3, 0.4) is 0 Å². The molecule has 0 saturated carbocycles. The lowest BCUT2D eigenvalue weighted by Gasteiger charge is -2.26. The summed E-state index contributed by atoms with van der Waals surface area (Å²) in [6.45, 7) is 0. The van der Waals surface area contributed by atoms with Crippen molar-refractivity contribution < 1.29 is 0 Å². The van der Waals surface area contributed by atoms with Crippen molar-refractivity contribution in [3.8, 4) is 33.4 Å². The molecule has 0 aliphatic carbocycles. The lowest BCUT2D eigenvalue weighted by molar-refractivity contribution is 1.29. The SMILES string of the molecule is c1ccc(-c2ccc(N(c3ccc(-c4ccccc4)cc3)c3ccc4sc5cccc(-c6cccc7sc8ccc9ccccc9c8c67)c5c4c3)cc2)cc1. The Bertz CT molecular complexity index is 3090. The van der Waals surface area contributed by atoms with Crippen molar-refractivity contribution in [1.82, 2.24) is 0 Å². The number of rotatable bonds is 6. The first-order valence-corrected chi connectivity index (χ1v) is 20.3. The summed E-state index contributed by atoms with van der Waals surface area (Å²) in [5, 5.41) is 7.89. The second-order valence-corrected chi connectivity index (χ2v) is 16.2. The Labute approximate surface area is 327 Å². The average Bonchev–Trinajstić information content (AvgIpc) is 3.84. The molecule has 0 saturated heterocycles. The van der Waals surface area contributed by atoms with Crippen LogP contribution in [0.5, 0.6) is 0 Å². The van der Waals surface area contributed by atoms with Crippen LogP contribution < -0.4 is 4.90 Å². The molecule has 1 nitrogen and oxygen atoms in total. The molecule has 11 aromatic rings. The van der Waals surface area contributed by atoms with Gasteiger partial charge >= 0.3 is 0 Å². The highest BCUT2D eigenvalue weighted by atomic mass is 32.1. The van der Waals surface area contributed by atoms with E-state index in [1.54, 1.807) is 0 Å². The summed E-state index contributed by atoms with van der Waals surface area (Å²) >= 11 is 3.77. The first-order chi connectivity index (χ1) is 27.3. The van der Waals surface area contributed by atoms with Crippen LogP contribution in [0, 0.1) is 0 Å². The van der Waals surface area contributed by atoms with Gasteiger partial charge in [-0.3, -0.25) is 0 Å². The summed E-state index contributed by atoms with van der Waals surface area (Å²) in [6.07, 6.45) is 0. The molecule has 0 bridgehead atoms. The fourth-order valence-corrected chi connectivity index (χ4v) is 10.6. The maximum Gasteiger partial charge on any atom is 0.0468 e. The third-order valence-corrected chi connectivity index (χ3v) is 13.1. The van der Waals surface area contributed by atoms with Gasteiger partial charge in [-0.05, 0) is 105 Å². The van der Waals surface area contributed by atoms with Crippen molar-refractivity contribution in [1.29, 1.82) is 0 Å². The second kappa shape index (κ2) is 13.1. The van der Waals surface area contributed by atoms with Gasteiger partial charge in [0, 0.05) is 57.4 Å². The zero-order chi connectivity index (χ0) is 36.3. The van der Waals surface area contributed by atoms with Gasteiger partial charge in [-0.2, -0.15) is 0 Å². The Morgan fingerprint density at radius 2 is 0.782 bits per heavy atom. The summed E-state index contributed by atoms with van der Waals surface area (Å²) < 4.78 is 5.25. The summed E-state index contributed by atoms with van der Waals surface area (Å²) in [7, 11) is 0. The van der Waals surface area contributed by atoms with Crippen molar-refractivity contribution >= 4 is 90.9 Å². The summed E-state index contributed by atoms with van der Waals surface area (Å²) in [5.41, 5.74) is 10.8. The Morgan fingerprint density at radius 3 is 1.44 bits per heavy atom. The van der Waals surface area contributed by atoms with Crippen molar-refractivity contribution in [2.75, 3.05) is 4.90 Å². The van der Waals surface area contributed by atoms with E-state index >= 15 is 0 Å². The molecule has 3 heteroatoms. The molecule has 0 aliphatic rings. The monoisotopic (exact) mass is 735 g/mol. The standard InChI is InChI=1S/C52H33NS2/c1-3-11-34(12-4-1)36-21-26-39(27-22-36)53(40-28-23-37(24-29-40)35-13-5-2-6-14-35)41-30-32-46-45(33-41)50-43(17-9-19-47(50)54-46)44-18-10-20-48-52(44)51-42-16-8-7-15-38(42)25-31-49(51)55-48/h1-33H. The van der Waals surface area contributed by atoms with Crippen LogP contribution in [0.25, 0.3) is 84.5 Å². The largest absolute Gasteiger partial charge is 0.310 e. The molecule has 0 radical (unpaired) electrons. The number of benzene rings is 9. The first-order valence-electron chi connectivity index (χ1n) is 18.7. The van der Waals surface area contributed by atoms with Crippen molar-refractivity contribution in [2.24, 2.45) is 0 Å². The van der Waals surface area contributed by atoms with Gasteiger partial charge in [0.25, 0.3) is 0 Å². The molecule has 2 heterocycles. The van der Waals surface area contributed by atoms with Crippen LogP contribution in [-0.4, -0.2) is 0 Å². The molecule has 0 fully saturated rings. The second-order valence-electron chi connectivity index (χ2n) is 14.1. The molecule has 0 spiro atoms. The Hall–Kier alpha value is -6.52. The first kappa shape index (κ1) is 32.0. The lowest BCUT2D eigenvalue weighted by Crippen LogP contribution is -2.09. The van der Waals surface area contributed by atoms with E-state index in [-0.39, 0.29) is 0 Å². The van der Waals surface area contributed by atoms with E-state index in [1.807, 2.05) is 22.7 Å². The van der Waals surface area contributed by atoms with Gasteiger partial charge < -0.3 is 4.90 Å². The predicted molar refractivity (Wildman–Crippen MR) is 241 cm³/mol. The minimum Gasteiger partial charge on any atom is -0.310 e. The molecular weight excluding hydrogens is 703 g/mol. The Kier molecular flexibility index (Phi) is 7.61. The van der Waals surface area contributed by atoms with Crippen LogP contribution in [0.1, 0.15) is 0 Å². The molecule has 258 valence electrons. The minimum atomic E-state index is 1.12. The van der Waals surface area contributed by atoms with Crippen LogP contribution >= 0.6 is 22.7 Å². The van der Waals surface area contributed by atoms with Crippen molar-refractivity contribution in [2.45, 2.75) is 0 Å². The topological polar surface area (TPSA) is 3.24 Å². The Balaban J connectivity index is 1.11. The zero-order valence-corrected chi connectivity index (χ0v) is 31.4. The average molecular weight is 736 g/mol. The van der Waals surface area contributed by atoms with Crippen LogP contribution in [0.15, 0.2) is 200 Å². The van der Waals surface area contributed by atoms with E-state index in [0.717, 1.165) is 17.1 Å².